The lowest BCUT2D eigenvalue weighted by atomic mass is 10.1. The van der Waals surface area contributed by atoms with E-state index in [4.69, 9.17) is 0 Å². The van der Waals surface area contributed by atoms with Crippen molar-refractivity contribution in [2.24, 2.45) is 0 Å². The minimum atomic E-state index is -0.570. The quantitative estimate of drug-likeness (QED) is 0.751. The van der Waals surface area contributed by atoms with Crippen LogP contribution in [0.25, 0.3) is 0 Å². The number of halogens is 2. The molecule has 120 valence electrons. The highest BCUT2D eigenvalue weighted by Gasteiger charge is 2.13. The van der Waals surface area contributed by atoms with E-state index in [1.165, 1.54) is 18.2 Å². The molecule has 2 aromatic carbocycles. The second-order valence-corrected chi connectivity index (χ2v) is 5.55. The van der Waals surface area contributed by atoms with Gasteiger partial charge in [-0.3, -0.25) is 4.79 Å². The predicted molar refractivity (Wildman–Crippen MR) is 91.2 cm³/mol. The van der Waals surface area contributed by atoms with Crippen molar-refractivity contribution >= 4 is 39.2 Å². The van der Waals surface area contributed by atoms with E-state index in [9.17, 15) is 14.0 Å². The Labute approximate surface area is 141 Å². The third-order valence-corrected chi connectivity index (χ3v) is 3.39. The van der Waals surface area contributed by atoms with Gasteiger partial charge in [0.1, 0.15) is 5.82 Å². The van der Waals surface area contributed by atoms with Crippen molar-refractivity contribution < 1.29 is 14.0 Å². The summed E-state index contributed by atoms with van der Waals surface area (Å²) in [6.45, 7) is 2.28. The van der Waals surface area contributed by atoms with Gasteiger partial charge in [0.2, 0.25) is 0 Å². The van der Waals surface area contributed by atoms with Crippen molar-refractivity contribution in [2.45, 2.75) is 6.92 Å². The number of benzene rings is 2. The third-order valence-electron chi connectivity index (χ3n) is 2.89. The summed E-state index contributed by atoms with van der Waals surface area (Å²) in [4.78, 5) is 24.1. The van der Waals surface area contributed by atoms with Gasteiger partial charge in [0.15, 0.2) is 0 Å². The van der Waals surface area contributed by atoms with Gasteiger partial charge in [0.05, 0.1) is 11.3 Å². The molecule has 0 aliphatic rings. The number of hydrogen-bond acceptors (Lipinski definition) is 2. The topological polar surface area (TPSA) is 70.2 Å². The Bertz CT molecular complexity index is 737. The highest BCUT2D eigenvalue weighted by atomic mass is 79.9. The minimum absolute atomic E-state index is 0.291. The Hall–Kier alpha value is -2.41. The Kier molecular flexibility index (Phi) is 5.70. The number of hydrogen-bond donors (Lipinski definition) is 3. The molecule has 0 aromatic heterocycles. The smallest absolute Gasteiger partial charge is 0.323 e. The van der Waals surface area contributed by atoms with Crippen molar-refractivity contribution in [1.29, 1.82) is 0 Å². The number of carbonyl (C=O) groups excluding carboxylic acids is 2. The summed E-state index contributed by atoms with van der Waals surface area (Å²) in [5.74, 6) is -0.741. The lowest BCUT2D eigenvalue weighted by Crippen LogP contribution is -2.26. The van der Waals surface area contributed by atoms with Crippen LogP contribution in [0.3, 0.4) is 0 Å². The van der Waals surface area contributed by atoms with E-state index in [0.29, 0.717) is 28.0 Å². The summed E-state index contributed by atoms with van der Waals surface area (Å²) in [7, 11) is 0. The molecule has 5 nitrogen and oxygen atoms in total. The van der Waals surface area contributed by atoms with Gasteiger partial charge in [0.25, 0.3) is 5.91 Å². The molecular weight excluding hydrogens is 365 g/mol. The van der Waals surface area contributed by atoms with E-state index in [2.05, 4.69) is 31.9 Å². The second-order valence-electron chi connectivity index (χ2n) is 4.64. The summed E-state index contributed by atoms with van der Waals surface area (Å²) < 4.78 is 13.8. The first-order valence-electron chi connectivity index (χ1n) is 6.91. The molecule has 0 saturated heterocycles. The van der Waals surface area contributed by atoms with Crippen molar-refractivity contribution in [2.75, 3.05) is 17.2 Å². The molecule has 0 heterocycles. The van der Waals surface area contributed by atoms with Gasteiger partial charge in [-0.25, -0.2) is 9.18 Å². The lowest BCUT2D eigenvalue weighted by Gasteiger charge is -2.12. The van der Waals surface area contributed by atoms with Crippen molar-refractivity contribution in [1.82, 2.24) is 5.32 Å². The van der Waals surface area contributed by atoms with Gasteiger partial charge in [-0.1, -0.05) is 22.0 Å². The van der Waals surface area contributed by atoms with Gasteiger partial charge < -0.3 is 16.0 Å². The van der Waals surface area contributed by atoms with E-state index < -0.39 is 11.8 Å². The Morgan fingerprint density at radius 2 is 1.91 bits per heavy atom. The molecule has 0 saturated carbocycles. The molecule has 2 aromatic rings. The number of carbonyl (C=O) groups is 2. The van der Waals surface area contributed by atoms with Crippen LogP contribution in [-0.2, 0) is 0 Å². The van der Waals surface area contributed by atoms with Gasteiger partial charge in [-0.15, -0.1) is 0 Å². The summed E-state index contributed by atoms with van der Waals surface area (Å²) in [6, 6.07) is 9.90. The number of amides is 3. The summed E-state index contributed by atoms with van der Waals surface area (Å²) in [5.41, 5.74) is 1.00. The highest BCUT2D eigenvalue weighted by molar-refractivity contribution is 9.10. The van der Waals surface area contributed by atoms with Gasteiger partial charge in [0, 0.05) is 16.7 Å². The van der Waals surface area contributed by atoms with Crippen molar-refractivity contribution in [3.05, 3.63) is 58.3 Å². The van der Waals surface area contributed by atoms with Crippen molar-refractivity contribution in [3.8, 4) is 0 Å². The zero-order valence-electron chi connectivity index (χ0n) is 12.3. The third kappa shape index (κ3) is 4.79. The van der Waals surface area contributed by atoms with E-state index in [1.807, 2.05) is 0 Å². The number of rotatable bonds is 4. The minimum Gasteiger partial charge on any atom is -0.352 e. The van der Waals surface area contributed by atoms with Crippen LogP contribution >= 0.6 is 15.9 Å². The standard InChI is InChI=1S/C16H15BrFN3O2/c1-2-19-15(22)13-7-6-10(17)8-14(13)21-16(23)20-12-5-3-4-11(18)9-12/h3-9H,2H2,1H3,(H,19,22)(H2,20,21,23). The summed E-state index contributed by atoms with van der Waals surface area (Å²) in [6.07, 6.45) is 0. The fourth-order valence-electron chi connectivity index (χ4n) is 1.92. The predicted octanol–water partition coefficient (Wildman–Crippen LogP) is 3.98. The van der Waals surface area contributed by atoms with E-state index >= 15 is 0 Å². The molecule has 23 heavy (non-hydrogen) atoms. The van der Waals surface area contributed by atoms with E-state index in [1.54, 1.807) is 31.2 Å². The molecule has 0 aliphatic heterocycles. The first kappa shape index (κ1) is 17.0. The molecule has 3 amide bonds. The van der Waals surface area contributed by atoms with Gasteiger partial charge in [-0.2, -0.15) is 0 Å². The van der Waals surface area contributed by atoms with Gasteiger partial charge in [-0.05, 0) is 43.3 Å². The number of anilines is 2. The van der Waals surface area contributed by atoms with Crippen LogP contribution in [0.15, 0.2) is 46.9 Å². The van der Waals surface area contributed by atoms with Crippen LogP contribution in [-0.4, -0.2) is 18.5 Å². The average Bonchev–Trinajstić information content (AvgIpc) is 2.47. The van der Waals surface area contributed by atoms with Crippen LogP contribution < -0.4 is 16.0 Å². The second kappa shape index (κ2) is 7.73. The first-order valence-corrected chi connectivity index (χ1v) is 7.70. The van der Waals surface area contributed by atoms with Crippen LogP contribution in [0.1, 0.15) is 17.3 Å². The average molecular weight is 380 g/mol. The lowest BCUT2D eigenvalue weighted by molar-refractivity contribution is 0.0956. The number of urea groups is 1. The van der Waals surface area contributed by atoms with Crippen molar-refractivity contribution in [3.63, 3.8) is 0 Å². The maximum absolute atomic E-state index is 13.1. The van der Waals surface area contributed by atoms with Crippen LogP contribution in [0.5, 0.6) is 0 Å². The molecule has 0 spiro atoms. The molecular formula is C16H15BrFN3O2. The van der Waals surface area contributed by atoms with Crippen LogP contribution in [0, 0.1) is 5.82 Å². The molecule has 0 bridgehead atoms. The molecule has 0 radical (unpaired) electrons. The molecule has 7 heteroatoms. The zero-order valence-corrected chi connectivity index (χ0v) is 13.9. The maximum Gasteiger partial charge on any atom is 0.323 e. The molecule has 0 atom stereocenters. The highest BCUT2D eigenvalue weighted by Crippen LogP contribution is 2.22. The van der Waals surface area contributed by atoms with Crippen LogP contribution in [0.4, 0.5) is 20.6 Å². The maximum atomic E-state index is 13.1. The molecule has 0 aliphatic carbocycles. The normalized spacial score (nSPS) is 10.0. The summed E-state index contributed by atoms with van der Waals surface area (Å²) in [5, 5.41) is 7.78. The molecule has 2 rings (SSSR count). The SMILES string of the molecule is CCNC(=O)c1ccc(Br)cc1NC(=O)Nc1cccc(F)c1. The zero-order chi connectivity index (χ0) is 16.8. The number of nitrogens with one attached hydrogen (secondary N) is 3. The largest absolute Gasteiger partial charge is 0.352 e. The molecule has 0 unspecified atom stereocenters. The van der Waals surface area contributed by atoms with Crippen LogP contribution in [0.2, 0.25) is 0 Å². The monoisotopic (exact) mass is 379 g/mol. The van der Waals surface area contributed by atoms with Gasteiger partial charge >= 0.3 is 6.03 Å². The fourth-order valence-corrected chi connectivity index (χ4v) is 2.29. The Morgan fingerprint density at radius 1 is 1.13 bits per heavy atom. The fraction of sp³-hybridized carbons (Fsp3) is 0.125. The molecule has 3 N–H and O–H groups in total. The van der Waals surface area contributed by atoms with E-state index in [0.717, 1.165) is 0 Å². The van der Waals surface area contributed by atoms with E-state index in [-0.39, 0.29) is 5.91 Å². The Balaban J connectivity index is 2.16. The Morgan fingerprint density at radius 3 is 2.61 bits per heavy atom. The molecule has 0 fully saturated rings. The summed E-state index contributed by atoms with van der Waals surface area (Å²) >= 11 is 3.30. The first-order chi connectivity index (χ1) is 11.0.